The summed E-state index contributed by atoms with van der Waals surface area (Å²) in [6.07, 6.45) is 2.17. The van der Waals surface area contributed by atoms with Crippen LogP contribution in [0.2, 0.25) is 5.02 Å². The summed E-state index contributed by atoms with van der Waals surface area (Å²) < 4.78 is 13.6. The number of benzene rings is 1. The molecule has 2 rings (SSSR count). The average Bonchev–Trinajstić information content (AvgIpc) is 2.42. The molecule has 1 aromatic carbocycles. The minimum Gasteiger partial charge on any atom is -0.352 e. The molecule has 3 nitrogen and oxygen atoms in total. The lowest BCUT2D eigenvalue weighted by molar-refractivity contribution is 0.0943. The van der Waals surface area contributed by atoms with E-state index in [0.29, 0.717) is 11.6 Å². The van der Waals surface area contributed by atoms with Crippen LogP contribution in [-0.2, 0) is 0 Å². The molecule has 1 aliphatic heterocycles. The Morgan fingerprint density at radius 3 is 2.68 bits per heavy atom. The molecule has 0 saturated carbocycles. The minimum atomic E-state index is -0.580. The molecule has 122 valence electrons. The van der Waals surface area contributed by atoms with Crippen LogP contribution >= 0.6 is 11.6 Å². The molecule has 1 aliphatic rings. The molecule has 5 heteroatoms. The summed E-state index contributed by atoms with van der Waals surface area (Å²) in [4.78, 5) is 14.4. The van der Waals surface area contributed by atoms with Gasteiger partial charge in [0.25, 0.3) is 5.91 Å². The average molecular weight is 327 g/mol. The van der Waals surface area contributed by atoms with Gasteiger partial charge >= 0.3 is 0 Å². The van der Waals surface area contributed by atoms with Gasteiger partial charge in [0.2, 0.25) is 0 Å². The van der Waals surface area contributed by atoms with Crippen LogP contribution in [0.1, 0.15) is 37.0 Å². The van der Waals surface area contributed by atoms with Gasteiger partial charge in [0, 0.05) is 24.7 Å². The number of likely N-dealkylation sites (tertiary alicyclic amines) is 1. The van der Waals surface area contributed by atoms with E-state index in [-0.39, 0.29) is 11.5 Å². The first kappa shape index (κ1) is 17.2. The molecule has 1 aromatic rings. The predicted octanol–water partition coefficient (Wildman–Crippen LogP) is 3.58. The maximum atomic E-state index is 13.6. The van der Waals surface area contributed by atoms with Crippen molar-refractivity contribution < 1.29 is 9.18 Å². The van der Waals surface area contributed by atoms with Crippen LogP contribution in [0, 0.1) is 17.7 Å². The van der Waals surface area contributed by atoms with Gasteiger partial charge in [0.15, 0.2) is 0 Å². The fraction of sp³-hybridized carbons (Fsp3) is 0.588. The normalized spacial score (nSPS) is 22.5. The van der Waals surface area contributed by atoms with Gasteiger partial charge in [0.05, 0.1) is 5.56 Å². The number of nitrogens with zero attached hydrogens (tertiary/aromatic N) is 1. The first-order valence-corrected chi connectivity index (χ1v) is 8.29. The molecular formula is C17H24ClFN2O. The molecule has 0 radical (unpaired) electrons. The smallest absolute Gasteiger partial charge is 0.254 e. The lowest BCUT2D eigenvalue weighted by atomic mass is 9.92. The van der Waals surface area contributed by atoms with Gasteiger partial charge in [-0.3, -0.25) is 4.79 Å². The zero-order valence-corrected chi connectivity index (χ0v) is 14.0. The van der Waals surface area contributed by atoms with E-state index in [4.69, 9.17) is 11.6 Å². The zero-order chi connectivity index (χ0) is 16.1. The van der Waals surface area contributed by atoms with Crippen molar-refractivity contribution in [2.75, 3.05) is 26.2 Å². The number of hydrogen-bond acceptors (Lipinski definition) is 2. The van der Waals surface area contributed by atoms with E-state index < -0.39 is 5.82 Å². The van der Waals surface area contributed by atoms with Crippen LogP contribution in [0.25, 0.3) is 0 Å². The fourth-order valence-electron chi connectivity index (χ4n) is 3.25. The van der Waals surface area contributed by atoms with Crippen molar-refractivity contribution in [1.82, 2.24) is 10.2 Å². The molecule has 1 heterocycles. The number of nitrogens with one attached hydrogen (secondary N) is 1. The maximum absolute atomic E-state index is 13.6. The van der Waals surface area contributed by atoms with Gasteiger partial charge in [-0.25, -0.2) is 4.39 Å². The highest BCUT2D eigenvalue weighted by Gasteiger charge is 2.21. The topological polar surface area (TPSA) is 32.3 Å². The molecule has 0 bridgehead atoms. The molecule has 0 aromatic heterocycles. The number of carbonyl (C=O) groups is 1. The Bertz CT molecular complexity index is 513. The molecule has 2 atom stereocenters. The van der Waals surface area contributed by atoms with Crippen molar-refractivity contribution in [3.63, 3.8) is 0 Å². The molecule has 0 aliphatic carbocycles. The highest BCUT2D eigenvalue weighted by Crippen LogP contribution is 2.20. The molecule has 1 saturated heterocycles. The summed E-state index contributed by atoms with van der Waals surface area (Å²) in [7, 11) is 0. The van der Waals surface area contributed by atoms with Gasteiger partial charge < -0.3 is 10.2 Å². The summed E-state index contributed by atoms with van der Waals surface area (Å²) in [5.41, 5.74) is 0.0459. The Morgan fingerprint density at radius 1 is 1.36 bits per heavy atom. The molecule has 1 N–H and O–H groups in total. The summed E-state index contributed by atoms with van der Waals surface area (Å²) in [5, 5.41) is 3.07. The lowest BCUT2D eigenvalue weighted by Gasteiger charge is -2.34. The zero-order valence-electron chi connectivity index (χ0n) is 13.2. The molecule has 1 amide bonds. The first-order valence-electron chi connectivity index (χ1n) is 7.91. The van der Waals surface area contributed by atoms with E-state index >= 15 is 0 Å². The van der Waals surface area contributed by atoms with Crippen LogP contribution in [-0.4, -0.2) is 37.0 Å². The number of halogens is 2. The maximum Gasteiger partial charge on any atom is 0.254 e. The molecular weight excluding hydrogens is 303 g/mol. The van der Waals surface area contributed by atoms with E-state index in [0.717, 1.165) is 44.0 Å². The molecule has 22 heavy (non-hydrogen) atoms. The van der Waals surface area contributed by atoms with Crippen molar-refractivity contribution in [3.8, 4) is 0 Å². The summed E-state index contributed by atoms with van der Waals surface area (Å²) in [6, 6.07) is 4.10. The largest absolute Gasteiger partial charge is 0.352 e. The minimum absolute atomic E-state index is 0.0459. The van der Waals surface area contributed by atoms with E-state index in [9.17, 15) is 9.18 Å². The van der Waals surface area contributed by atoms with Gasteiger partial charge in [-0.15, -0.1) is 0 Å². The Labute approximate surface area is 136 Å². The molecule has 0 spiro atoms. The van der Waals surface area contributed by atoms with Crippen LogP contribution in [0.4, 0.5) is 4.39 Å². The van der Waals surface area contributed by atoms with Crippen LogP contribution in [0.15, 0.2) is 18.2 Å². The van der Waals surface area contributed by atoms with Gasteiger partial charge in [-0.1, -0.05) is 25.4 Å². The SMILES string of the molecule is C[C@@H]1C[C@@H](C)CN(CCCNC(=O)c2ccc(Cl)cc2F)C1. The van der Waals surface area contributed by atoms with Crippen LogP contribution in [0.5, 0.6) is 0 Å². The van der Waals surface area contributed by atoms with E-state index in [1.165, 1.54) is 18.6 Å². The fourth-order valence-corrected chi connectivity index (χ4v) is 3.41. The standard InChI is InChI=1S/C17H24ClFN2O/c1-12-8-13(2)11-21(10-12)7-3-6-20-17(22)15-5-4-14(18)9-16(15)19/h4-5,9,12-13H,3,6-8,10-11H2,1-2H3,(H,20,22)/t12-,13-/m1/s1. The van der Waals surface area contributed by atoms with E-state index in [2.05, 4.69) is 24.1 Å². The highest BCUT2D eigenvalue weighted by atomic mass is 35.5. The Hall–Kier alpha value is -1.13. The van der Waals surface area contributed by atoms with Crippen LogP contribution < -0.4 is 5.32 Å². The molecule has 0 unspecified atom stereocenters. The van der Waals surface area contributed by atoms with Gasteiger partial charge in [-0.05, 0) is 49.4 Å². The number of piperidine rings is 1. The third-order valence-corrected chi connectivity index (χ3v) is 4.29. The van der Waals surface area contributed by atoms with Crippen molar-refractivity contribution in [3.05, 3.63) is 34.6 Å². The number of rotatable bonds is 5. The number of amides is 1. The van der Waals surface area contributed by atoms with Crippen molar-refractivity contribution in [2.45, 2.75) is 26.7 Å². The predicted molar refractivity (Wildman–Crippen MR) is 87.7 cm³/mol. The third kappa shape index (κ3) is 4.96. The Kier molecular flexibility index (Phi) is 6.21. The number of carbonyl (C=O) groups excluding carboxylic acids is 1. The third-order valence-electron chi connectivity index (χ3n) is 4.06. The number of hydrogen-bond donors (Lipinski definition) is 1. The van der Waals surface area contributed by atoms with E-state index in [1.54, 1.807) is 0 Å². The van der Waals surface area contributed by atoms with Gasteiger partial charge in [-0.2, -0.15) is 0 Å². The van der Waals surface area contributed by atoms with Crippen molar-refractivity contribution in [2.24, 2.45) is 11.8 Å². The second-order valence-corrected chi connectivity index (χ2v) is 6.88. The van der Waals surface area contributed by atoms with Crippen molar-refractivity contribution >= 4 is 17.5 Å². The Morgan fingerprint density at radius 2 is 2.05 bits per heavy atom. The monoisotopic (exact) mass is 326 g/mol. The molecule has 1 fully saturated rings. The summed E-state index contributed by atoms with van der Waals surface area (Å²) in [6.45, 7) is 8.36. The van der Waals surface area contributed by atoms with Crippen LogP contribution in [0.3, 0.4) is 0 Å². The van der Waals surface area contributed by atoms with E-state index in [1.807, 2.05) is 0 Å². The second-order valence-electron chi connectivity index (χ2n) is 6.44. The first-order chi connectivity index (χ1) is 10.5. The second kappa shape index (κ2) is 7.93. The summed E-state index contributed by atoms with van der Waals surface area (Å²) in [5.74, 6) is 0.515. The Balaban J connectivity index is 1.73. The van der Waals surface area contributed by atoms with Gasteiger partial charge in [0.1, 0.15) is 5.82 Å². The van der Waals surface area contributed by atoms with Crippen molar-refractivity contribution in [1.29, 1.82) is 0 Å². The summed E-state index contributed by atoms with van der Waals surface area (Å²) >= 11 is 5.68. The highest BCUT2D eigenvalue weighted by molar-refractivity contribution is 6.30. The lowest BCUT2D eigenvalue weighted by Crippen LogP contribution is -2.40. The quantitative estimate of drug-likeness (QED) is 0.839.